The van der Waals surface area contributed by atoms with Crippen molar-refractivity contribution in [3.63, 3.8) is 0 Å². The van der Waals surface area contributed by atoms with Gasteiger partial charge in [-0.05, 0) is 70.3 Å². The average Bonchev–Trinajstić information content (AvgIpc) is 3.52. The number of aromatic nitrogens is 4. The highest BCUT2D eigenvalue weighted by Gasteiger charge is 2.15. The molecule has 1 aliphatic heterocycles. The molecule has 5 nitrogen and oxygen atoms in total. The lowest BCUT2D eigenvalue weighted by Gasteiger charge is -2.13. The van der Waals surface area contributed by atoms with Crippen LogP contribution in [0.2, 0.25) is 0 Å². The average molecular weight is 398 g/mol. The van der Waals surface area contributed by atoms with Gasteiger partial charge in [-0.2, -0.15) is 16.4 Å². The number of rotatable bonds is 3. The second-order valence-electron chi connectivity index (χ2n) is 7.34. The van der Waals surface area contributed by atoms with Gasteiger partial charge in [0.1, 0.15) is 0 Å². The molecule has 5 heterocycles. The number of thiophene rings is 1. The van der Waals surface area contributed by atoms with E-state index in [9.17, 15) is 0 Å². The first kappa shape index (κ1) is 16.7. The number of benzene rings is 1. The number of hydrogen-bond donors (Lipinski definition) is 3. The van der Waals surface area contributed by atoms with Crippen LogP contribution in [0.5, 0.6) is 0 Å². The smallest absolute Gasteiger partial charge is 0.181 e. The monoisotopic (exact) mass is 397 g/mol. The van der Waals surface area contributed by atoms with E-state index in [1.54, 1.807) is 11.3 Å². The van der Waals surface area contributed by atoms with Crippen LogP contribution in [0.3, 0.4) is 0 Å². The van der Waals surface area contributed by atoms with Crippen molar-refractivity contribution in [1.29, 1.82) is 0 Å². The van der Waals surface area contributed by atoms with E-state index in [1.807, 2.05) is 6.20 Å². The number of nitrogens with one attached hydrogen (secondary N) is 3. The molecule has 0 saturated heterocycles. The van der Waals surface area contributed by atoms with Crippen molar-refractivity contribution in [1.82, 2.24) is 25.5 Å². The molecule has 0 spiro atoms. The van der Waals surface area contributed by atoms with Crippen molar-refractivity contribution in [2.75, 3.05) is 13.1 Å². The molecule has 0 amide bonds. The Hall–Kier alpha value is -3.22. The van der Waals surface area contributed by atoms with Crippen LogP contribution in [0.25, 0.3) is 50.0 Å². The number of fused-ring (bicyclic) bond motifs is 2. The van der Waals surface area contributed by atoms with Gasteiger partial charge in [0.2, 0.25) is 0 Å². The third-order valence-electron chi connectivity index (χ3n) is 5.61. The van der Waals surface area contributed by atoms with E-state index in [0.29, 0.717) is 0 Å². The van der Waals surface area contributed by atoms with Crippen LogP contribution in [0, 0.1) is 0 Å². The van der Waals surface area contributed by atoms with Crippen molar-refractivity contribution in [3.8, 4) is 22.5 Å². The standard InChI is InChI=1S/C23H19N5S/c1-2-17(15-6-9-29-13-15)18-11-21(26-20(18)3-1)22-19-10-16(12-25-23(19)28-27-22)14-4-7-24-8-5-14/h1-4,6,9-13,24,26H,5,7-8H2,(H,25,27,28). The Balaban J connectivity index is 1.50. The number of nitrogens with zero attached hydrogens (tertiary/aromatic N) is 2. The molecule has 0 radical (unpaired) electrons. The second kappa shape index (κ2) is 6.69. The summed E-state index contributed by atoms with van der Waals surface area (Å²) in [6.45, 7) is 1.93. The zero-order valence-corrected chi connectivity index (χ0v) is 16.5. The summed E-state index contributed by atoms with van der Waals surface area (Å²) >= 11 is 1.72. The molecule has 0 unspecified atom stereocenters. The fraction of sp³-hybridized carbons (Fsp3) is 0.130. The van der Waals surface area contributed by atoms with Crippen LogP contribution in [-0.4, -0.2) is 33.3 Å². The molecule has 0 saturated carbocycles. The first-order chi connectivity index (χ1) is 14.4. The van der Waals surface area contributed by atoms with Gasteiger partial charge in [0.05, 0.1) is 11.4 Å². The molecule has 1 aromatic carbocycles. The fourth-order valence-corrected chi connectivity index (χ4v) is 4.78. The van der Waals surface area contributed by atoms with Crippen molar-refractivity contribution in [2.45, 2.75) is 6.42 Å². The summed E-state index contributed by atoms with van der Waals surface area (Å²) in [4.78, 5) is 8.17. The predicted octanol–water partition coefficient (Wildman–Crippen LogP) is 5.21. The van der Waals surface area contributed by atoms with Crippen molar-refractivity contribution < 1.29 is 0 Å². The van der Waals surface area contributed by atoms with Crippen LogP contribution < -0.4 is 5.32 Å². The highest BCUT2D eigenvalue weighted by molar-refractivity contribution is 7.08. The Morgan fingerprint density at radius 3 is 2.90 bits per heavy atom. The van der Waals surface area contributed by atoms with Gasteiger partial charge in [0.15, 0.2) is 5.65 Å². The Morgan fingerprint density at radius 1 is 1.03 bits per heavy atom. The lowest BCUT2D eigenvalue weighted by atomic mass is 10.0. The number of hydrogen-bond acceptors (Lipinski definition) is 4. The zero-order valence-electron chi connectivity index (χ0n) is 15.7. The van der Waals surface area contributed by atoms with Gasteiger partial charge in [-0.25, -0.2) is 4.98 Å². The SMILES string of the molecule is C1=C(c2cnc3n[nH]c(-c4cc5c(-c6ccsc6)cccc5[nH]4)c3c2)CCNC1. The molecule has 1 aliphatic rings. The molecule has 3 N–H and O–H groups in total. The first-order valence-corrected chi connectivity index (χ1v) is 10.7. The molecule has 4 aromatic heterocycles. The summed E-state index contributed by atoms with van der Waals surface area (Å²) in [5.74, 6) is 0. The molecule has 0 bridgehead atoms. The van der Waals surface area contributed by atoms with Crippen molar-refractivity contribution in [2.24, 2.45) is 0 Å². The number of pyridine rings is 1. The Labute approximate surface area is 171 Å². The van der Waals surface area contributed by atoms with Crippen LogP contribution in [0.1, 0.15) is 12.0 Å². The van der Waals surface area contributed by atoms with Gasteiger partial charge in [0.25, 0.3) is 0 Å². The minimum Gasteiger partial charge on any atom is -0.353 e. The normalized spacial score (nSPS) is 14.6. The maximum atomic E-state index is 4.60. The zero-order chi connectivity index (χ0) is 19.2. The lowest BCUT2D eigenvalue weighted by Crippen LogP contribution is -2.20. The maximum absolute atomic E-state index is 4.60. The van der Waals surface area contributed by atoms with E-state index in [-0.39, 0.29) is 0 Å². The summed E-state index contributed by atoms with van der Waals surface area (Å²) in [5.41, 5.74) is 8.90. The quantitative estimate of drug-likeness (QED) is 0.391. The molecule has 29 heavy (non-hydrogen) atoms. The largest absolute Gasteiger partial charge is 0.353 e. The van der Waals surface area contributed by atoms with E-state index < -0.39 is 0 Å². The van der Waals surface area contributed by atoms with Crippen LogP contribution in [-0.2, 0) is 0 Å². The maximum Gasteiger partial charge on any atom is 0.181 e. The minimum atomic E-state index is 0.745. The Morgan fingerprint density at radius 2 is 2.03 bits per heavy atom. The van der Waals surface area contributed by atoms with Crippen LogP contribution in [0.4, 0.5) is 0 Å². The third-order valence-corrected chi connectivity index (χ3v) is 6.29. The molecule has 0 aliphatic carbocycles. The molecule has 6 rings (SSSR count). The third kappa shape index (κ3) is 2.80. The van der Waals surface area contributed by atoms with E-state index >= 15 is 0 Å². The van der Waals surface area contributed by atoms with E-state index in [2.05, 4.69) is 78.7 Å². The molecule has 6 heteroatoms. The van der Waals surface area contributed by atoms with Crippen LogP contribution in [0.15, 0.2) is 59.4 Å². The van der Waals surface area contributed by atoms with Gasteiger partial charge >= 0.3 is 0 Å². The molecule has 142 valence electrons. The van der Waals surface area contributed by atoms with E-state index in [4.69, 9.17) is 0 Å². The van der Waals surface area contributed by atoms with Gasteiger partial charge in [0, 0.05) is 29.0 Å². The van der Waals surface area contributed by atoms with Crippen LogP contribution >= 0.6 is 11.3 Å². The van der Waals surface area contributed by atoms with E-state index in [1.165, 1.54) is 27.6 Å². The molecule has 0 fully saturated rings. The van der Waals surface area contributed by atoms with Gasteiger partial charge < -0.3 is 10.3 Å². The summed E-state index contributed by atoms with van der Waals surface area (Å²) in [6, 6.07) is 13.0. The summed E-state index contributed by atoms with van der Waals surface area (Å²) < 4.78 is 0. The van der Waals surface area contributed by atoms with Gasteiger partial charge in [-0.3, -0.25) is 5.10 Å². The molecular weight excluding hydrogens is 378 g/mol. The van der Waals surface area contributed by atoms with Crippen molar-refractivity contribution >= 4 is 38.8 Å². The second-order valence-corrected chi connectivity index (χ2v) is 8.12. The highest BCUT2D eigenvalue weighted by Crippen LogP contribution is 2.35. The Kier molecular flexibility index (Phi) is 3.85. The molecule has 0 atom stereocenters. The highest BCUT2D eigenvalue weighted by atomic mass is 32.1. The summed E-state index contributed by atoms with van der Waals surface area (Å²) in [5, 5.41) is 17.6. The molecular formula is C23H19N5S. The first-order valence-electron chi connectivity index (χ1n) is 9.76. The van der Waals surface area contributed by atoms with Gasteiger partial charge in [-0.15, -0.1) is 0 Å². The van der Waals surface area contributed by atoms with Crippen molar-refractivity contribution in [3.05, 3.63) is 65.0 Å². The Bertz CT molecular complexity index is 1360. The number of aromatic amines is 2. The number of H-pyrrole nitrogens is 2. The predicted molar refractivity (Wildman–Crippen MR) is 120 cm³/mol. The fourth-order valence-electron chi connectivity index (χ4n) is 4.12. The topological polar surface area (TPSA) is 69.4 Å². The summed E-state index contributed by atoms with van der Waals surface area (Å²) in [6.07, 6.45) is 5.21. The lowest BCUT2D eigenvalue weighted by molar-refractivity contribution is 0.738. The summed E-state index contributed by atoms with van der Waals surface area (Å²) in [7, 11) is 0. The molecule has 5 aromatic rings. The minimum absolute atomic E-state index is 0.745. The van der Waals surface area contributed by atoms with E-state index in [0.717, 1.165) is 47.4 Å². The van der Waals surface area contributed by atoms with Gasteiger partial charge in [-0.1, -0.05) is 18.2 Å².